The quantitative estimate of drug-likeness (QED) is 0.315. The Labute approximate surface area is 102 Å². The number of ether oxygens (including phenoxy) is 2. The number of allylic oxidation sites excluding steroid dienone is 1. The molecule has 0 heterocycles. The van der Waals surface area contributed by atoms with E-state index in [1.165, 1.54) is 20.3 Å². The van der Waals surface area contributed by atoms with Gasteiger partial charge < -0.3 is 9.47 Å². The van der Waals surface area contributed by atoms with Crippen molar-refractivity contribution in [2.75, 3.05) is 14.2 Å². The molecule has 0 aromatic heterocycles. The molecule has 0 unspecified atom stereocenters. The minimum Gasteiger partial charge on any atom is -0.468 e. The molecule has 17 heavy (non-hydrogen) atoms. The Morgan fingerprint density at radius 3 is 1.94 bits per heavy atom. The van der Waals surface area contributed by atoms with Crippen LogP contribution in [0.25, 0.3) is 0 Å². The summed E-state index contributed by atoms with van der Waals surface area (Å²) in [7, 11) is 2.41. The first-order chi connectivity index (χ1) is 7.83. The lowest BCUT2D eigenvalue weighted by Gasteiger charge is -2.38. The number of hydrogen-bond donors (Lipinski definition) is 0. The SMILES string of the molecule is C#CCC(C(=O)OC)(C(=O)OC)C(C)(C)C=C. The van der Waals surface area contributed by atoms with Crippen LogP contribution >= 0.6 is 0 Å². The zero-order valence-corrected chi connectivity index (χ0v) is 10.7. The van der Waals surface area contributed by atoms with Crippen LogP contribution in [0.4, 0.5) is 0 Å². The number of rotatable bonds is 5. The largest absolute Gasteiger partial charge is 0.468 e. The summed E-state index contributed by atoms with van der Waals surface area (Å²) in [4.78, 5) is 23.9. The summed E-state index contributed by atoms with van der Waals surface area (Å²) in [5.74, 6) is 0.899. The molecule has 0 rings (SSSR count). The first kappa shape index (κ1) is 15.2. The van der Waals surface area contributed by atoms with Gasteiger partial charge in [0.05, 0.1) is 14.2 Å². The van der Waals surface area contributed by atoms with Crippen molar-refractivity contribution in [3.63, 3.8) is 0 Å². The molecule has 4 heteroatoms. The normalized spacial score (nSPS) is 11.2. The first-order valence-electron chi connectivity index (χ1n) is 5.08. The molecule has 0 amide bonds. The molecule has 0 aromatic carbocycles. The number of carbonyl (C=O) groups is 2. The fourth-order valence-corrected chi connectivity index (χ4v) is 1.66. The summed E-state index contributed by atoms with van der Waals surface area (Å²) in [6.45, 7) is 7.00. The van der Waals surface area contributed by atoms with Gasteiger partial charge in [0.1, 0.15) is 0 Å². The standard InChI is InChI=1S/C13H18O4/c1-7-9-13(10(14)16-5,11(15)17-6)12(3,4)8-2/h1,8H,2,9H2,3-6H3. The third-order valence-corrected chi connectivity index (χ3v) is 3.05. The van der Waals surface area contributed by atoms with Crippen molar-refractivity contribution in [3.8, 4) is 12.3 Å². The lowest BCUT2D eigenvalue weighted by molar-refractivity contribution is -0.176. The molecule has 0 saturated carbocycles. The molecule has 0 saturated heterocycles. The smallest absolute Gasteiger partial charge is 0.325 e. The molecule has 0 radical (unpaired) electrons. The molecule has 0 N–H and O–H groups in total. The minimum absolute atomic E-state index is 0.106. The molecule has 0 aliphatic carbocycles. The van der Waals surface area contributed by atoms with Crippen molar-refractivity contribution >= 4 is 11.9 Å². The maximum atomic E-state index is 12.0. The van der Waals surface area contributed by atoms with Crippen molar-refractivity contribution in [1.82, 2.24) is 0 Å². The molecule has 0 spiro atoms. The number of hydrogen-bond acceptors (Lipinski definition) is 4. The van der Waals surface area contributed by atoms with Crippen molar-refractivity contribution in [2.24, 2.45) is 10.8 Å². The van der Waals surface area contributed by atoms with E-state index in [-0.39, 0.29) is 6.42 Å². The highest BCUT2D eigenvalue weighted by atomic mass is 16.5. The van der Waals surface area contributed by atoms with E-state index in [1.54, 1.807) is 13.8 Å². The molecular weight excluding hydrogens is 220 g/mol. The Hall–Kier alpha value is -1.76. The van der Waals surface area contributed by atoms with Crippen LogP contribution in [-0.4, -0.2) is 26.2 Å². The third-order valence-electron chi connectivity index (χ3n) is 3.05. The molecule has 94 valence electrons. The predicted octanol–water partition coefficient (Wildman–Crippen LogP) is 1.55. The Balaban J connectivity index is 5.92. The van der Waals surface area contributed by atoms with Crippen LogP contribution in [0.15, 0.2) is 12.7 Å². The van der Waals surface area contributed by atoms with Crippen LogP contribution in [-0.2, 0) is 19.1 Å². The number of esters is 2. The van der Waals surface area contributed by atoms with Crippen LogP contribution in [0.3, 0.4) is 0 Å². The van der Waals surface area contributed by atoms with E-state index in [0.717, 1.165) is 0 Å². The van der Waals surface area contributed by atoms with Crippen molar-refractivity contribution in [3.05, 3.63) is 12.7 Å². The lowest BCUT2D eigenvalue weighted by atomic mass is 9.63. The third kappa shape index (κ3) is 2.33. The molecule has 0 aromatic rings. The highest BCUT2D eigenvalue weighted by Crippen LogP contribution is 2.44. The molecule has 0 aliphatic heterocycles. The van der Waals surface area contributed by atoms with E-state index in [0.29, 0.717) is 0 Å². The topological polar surface area (TPSA) is 52.6 Å². The average molecular weight is 238 g/mol. The van der Waals surface area contributed by atoms with Crippen molar-refractivity contribution in [1.29, 1.82) is 0 Å². The van der Waals surface area contributed by atoms with Gasteiger partial charge in [-0.1, -0.05) is 19.9 Å². The van der Waals surface area contributed by atoms with E-state index in [1.807, 2.05) is 0 Å². The van der Waals surface area contributed by atoms with Crippen LogP contribution in [0.1, 0.15) is 20.3 Å². The Morgan fingerprint density at radius 2 is 1.71 bits per heavy atom. The molecule has 4 nitrogen and oxygen atoms in total. The van der Waals surface area contributed by atoms with E-state index in [9.17, 15) is 9.59 Å². The summed E-state index contributed by atoms with van der Waals surface area (Å²) < 4.78 is 9.39. The summed E-state index contributed by atoms with van der Waals surface area (Å²) in [6, 6.07) is 0. The van der Waals surface area contributed by atoms with Gasteiger partial charge in [0.2, 0.25) is 0 Å². The predicted molar refractivity (Wildman–Crippen MR) is 63.9 cm³/mol. The van der Waals surface area contributed by atoms with E-state index < -0.39 is 22.8 Å². The second kappa shape index (κ2) is 5.53. The highest BCUT2D eigenvalue weighted by molar-refractivity contribution is 6.01. The second-order valence-electron chi connectivity index (χ2n) is 4.20. The number of carbonyl (C=O) groups excluding carboxylic acids is 2. The van der Waals surface area contributed by atoms with Crippen molar-refractivity contribution in [2.45, 2.75) is 20.3 Å². The van der Waals surface area contributed by atoms with Gasteiger partial charge in [-0.15, -0.1) is 18.9 Å². The fourth-order valence-electron chi connectivity index (χ4n) is 1.66. The summed E-state index contributed by atoms with van der Waals surface area (Å²) in [5, 5.41) is 0. The van der Waals surface area contributed by atoms with Gasteiger partial charge in [0, 0.05) is 11.8 Å². The summed E-state index contributed by atoms with van der Waals surface area (Å²) in [5.41, 5.74) is -2.44. The summed E-state index contributed by atoms with van der Waals surface area (Å²) >= 11 is 0. The maximum absolute atomic E-state index is 12.0. The van der Waals surface area contributed by atoms with Gasteiger partial charge in [0.25, 0.3) is 0 Å². The molecule has 0 atom stereocenters. The summed E-state index contributed by atoms with van der Waals surface area (Å²) in [6.07, 6.45) is 6.64. The number of methoxy groups -OCH3 is 2. The molecule has 0 bridgehead atoms. The van der Waals surface area contributed by atoms with Crippen LogP contribution in [0.2, 0.25) is 0 Å². The Morgan fingerprint density at radius 1 is 1.29 bits per heavy atom. The zero-order chi connectivity index (χ0) is 13.7. The van der Waals surface area contributed by atoms with Crippen LogP contribution < -0.4 is 0 Å². The Kier molecular flexibility index (Phi) is 4.96. The van der Waals surface area contributed by atoms with Gasteiger partial charge in [-0.3, -0.25) is 9.59 Å². The average Bonchev–Trinajstić information content (AvgIpc) is 2.33. The van der Waals surface area contributed by atoms with Gasteiger partial charge in [-0.2, -0.15) is 0 Å². The van der Waals surface area contributed by atoms with E-state index >= 15 is 0 Å². The number of terminal acetylenes is 1. The monoisotopic (exact) mass is 238 g/mol. The minimum atomic E-state index is -1.56. The second-order valence-corrected chi connectivity index (χ2v) is 4.20. The van der Waals surface area contributed by atoms with Gasteiger partial charge in [0.15, 0.2) is 5.41 Å². The Bertz CT molecular complexity index is 344. The van der Waals surface area contributed by atoms with Crippen LogP contribution in [0, 0.1) is 23.2 Å². The fraction of sp³-hybridized carbons (Fsp3) is 0.538. The molecule has 0 fully saturated rings. The lowest BCUT2D eigenvalue weighted by Crippen LogP contribution is -2.51. The van der Waals surface area contributed by atoms with Gasteiger partial charge in [-0.25, -0.2) is 0 Å². The van der Waals surface area contributed by atoms with Crippen LogP contribution in [0.5, 0.6) is 0 Å². The first-order valence-corrected chi connectivity index (χ1v) is 5.08. The van der Waals surface area contributed by atoms with E-state index in [2.05, 4.69) is 12.5 Å². The highest BCUT2D eigenvalue weighted by Gasteiger charge is 2.57. The molecule has 0 aliphatic rings. The van der Waals surface area contributed by atoms with Gasteiger partial charge in [-0.05, 0) is 0 Å². The molecular formula is C13H18O4. The van der Waals surface area contributed by atoms with Crippen molar-refractivity contribution < 1.29 is 19.1 Å². The zero-order valence-electron chi connectivity index (χ0n) is 10.7. The van der Waals surface area contributed by atoms with E-state index in [4.69, 9.17) is 15.9 Å². The van der Waals surface area contributed by atoms with Gasteiger partial charge >= 0.3 is 11.9 Å². The maximum Gasteiger partial charge on any atom is 0.325 e.